The van der Waals surface area contributed by atoms with Crippen molar-refractivity contribution in [1.29, 1.82) is 0 Å². The van der Waals surface area contributed by atoms with Crippen LogP contribution in [-0.2, 0) is 0 Å². The van der Waals surface area contributed by atoms with Crippen molar-refractivity contribution in [3.8, 4) is 5.75 Å². The summed E-state index contributed by atoms with van der Waals surface area (Å²) in [4.78, 5) is 0. The van der Waals surface area contributed by atoms with Crippen LogP contribution < -0.4 is 15.4 Å². The van der Waals surface area contributed by atoms with Crippen LogP contribution in [-0.4, -0.2) is 17.8 Å². The largest absolute Gasteiger partial charge is 0.494 e. The Labute approximate surface area is 109 Å². The molecule has 0 amide bonds. The highest BCUT2D eigenvalue weighted by Crippen LogP contribution is 2.15. The Morgan fingerprint density at radius 1 is 1.29 bits per heavy atom. The Morgan fingerprint density at radius 3 is 2.47 bits per heavy atom. The van der Waals surface area contributed by atoms with Gasteiger partial charge in [0.2, 0.25) is 0 Å². The number of ether oxygens (including phenoxy) is 1. The third-order valence-corrected chi connectivity index (χ3v) is 2.63. The van der Waals surface area contributed by atoms with Gasteiger partial charge in [-0.15, -0.1) is 0 Å². The van der Waals surface area contributed by atoms with Crippen molar-refractivity contribution < 1.29 is 4.74 Å². The van der Waals surface area contributed by atoms with Gasteiger partial charge in [-0.2, -0.15) is 0 Å². The number of nitrogens with one attached hydrogen (secondary N) is 2. The number of rotatable bonds is 5. The monoisotopic (exact) mass is 252 g/mol. The lowest BCUT2D eigenvalue weighted by molar-refractivity contribution is 0.340. The van der Waals surface area contributed by atoms with Gasteiger partial charge in [0.1, 0.15) is 5.75 Å². The van der Waals surface area contributed by atoms with E-state index in [1.807, 2.05) is 31.2 Å². The summed E-state index contributed by atoms with van der Waals surface area (Å²) in [5.74, 6) is 0.874. The fourth-order valence-electron chi connectivity index (χ4n) is 1.29. The molecule has 17 heavy (non-hydrogen) atoms. The van der Waals surface area contributed by atoms with Crippen LogP contribution in [0.15, 0.2) is 24.3 Å². The summed E-state index contributed by atoms with van der Waals surface area (Å²) >= 11 is 5.21. The molecule has 94 valence electrons. The molecular weight excluding hydrogens is 232 g/mol. The van der Waals surface area contributed by atoms with Gasteiger partial charge in [0.15, 0.2) is 5.11 Å². The average Bonchev–Trinajstić information content (AvgIpc) is 2.31. The molecule has 1 atom stereocenters. The van der Waals surface area contributed by atoms with Crippen LogP contribution in [0.2, 0.25) is 0 Å². The van der Waals surface area contributed by atoms with Gasteiger partial charge in [0.25, 0.3) is 0 Å². The van der Waals surface area contributed by atoms with E-state index in [9.17, 15) is 0 Å². The van der Waals surface area contributed by atoms with Crippen molar-refractivity contribution in [3.05, 3.63) is 24.3 Å². The molecule has 0 aliphatic heterocycles. The van der Waals surface area contributed by atoms with Crippen LogP contribution in [0.3, 0.4) is 0 Å². The van der Waals surface area contributed by atoms with Gasteiger partial charge >= 0.3 is 0 Å². The minimum atomic E-state index is 0.387. The summed E-state index contributed by atoms with van der Waals surface area (Å²) in [5.41, 5.74) is 0.967. The molecule has 1 aromatic rings. The molecule has 0 radical (unpaired) electrons. The minimum absolute atomic E-state index is 0.387. The Balaban J connectivity index is 2.48. The van der Waals surface area contributed by atoms with Gasteiger partial charge in [-0.25, -0.2) is 0 Å². The van der Waals surface area contributed by atoms with E-state index >= 15 is 0 Å². The summed E-state index contributed by atoms with van der Waals surface area (Å²) in [6.07, 6.45) is 1.05. The quantitative estimate of drug-likeness (QED) is 0.789. The van der Waals surface area contributed by atoms with Crippen LogP contribution in [0.4, 0.5) is 5.69 Å². The number of hydrogen-bond acceptors (Lipinski definition) is 2. The molecular formula is C13H20N2OS. The molecule has 0 saturated heterocycles. The molecule has 4 heteroatoms. The van der Waals surface area contributed by atoms with E-state index < -0.39 is 0 Å². The summed E-state index contributed by atoms with van der Waals surface area (Å²) in [7, 11) is 0. The number of hydrogen-bond donors (Lipinski definition) is 2. The highest BCUT2D eigenvalue weighted by atomic mass is 32.1. The van der Waals surface area contributed by atoms with Crippen molar-refractivity contribution in [2.24, 2.45) is 0 Å². The summed E-state index contributed by atoms with van der Waals surface area (Å²) < 4.78 is 5.37. The molecule has 0 bridgehead atoms. The third-order valence-electron chi connectivity index (χ3n) is 2.41. The molecule has 1 aromatic carbocycles. The van der Waals surface area contributed by atoms with E-state index in [1.165, 1.54) is 0 Å². The predicted octanol–water partition coefficient (Wildman–Crippen LogP) is 3.17. The zero-order valence-corrected chi connectivity index (χ0v) is 11.4. The van der Waals surface area contributed by atoms with Gasteiger partial charge in [-0.05, 0) is 56.8 Å². The van der Waals surface area contributed by atoms with E-state index in [1.54, 1.807) is 0 Å². The topological polar surface area (TPSA) is 33.3 Å². The summed E-state index contributed by atoms with van der Waals surface area (Å²) in [6, 6.07) is 8.15. The summed E-state index contributed by atoms with van der Waals surface area (Å²) in [6.45, 7) is 6.88. The van der Waals surface area contributed by atoms with Crippen molar-refractivity contribution in [3.63, 3.8) is 0 Å². The first kappa shape index (κ1) is 13.8. The Bertz CT molecular complexity index is 351. The van der Waals surface area contributed by atoms with Crippen LogP contribution >= 0.6 is 12.2 Å². The van der Waals surface area contributed by atoms with E-state index in [0.717, 1.165) is 17.9 Å². The third kappa shape index (κ3) is 5.04. The molecule has 0 aromatic heterocycles. The van der Waals surface area contributed by atoms with Crippen molar-refractivity contribution in [2.45, 2.75) is 33.2 Å². The second kappa shape index (κ2) is 7.12. The average molecular weight is 252 g/mol. The molecule has 0 aliphatic rings. The molecule has 0 heterocycles. The van der Waals surface area contributed by atoms with Crippen molar-refractivity contribution >= 4 is 23.0 Å². The van der Waals surface area contributed by atoms with Crippen LogP contribution in [0.1, 0.15) is 27.2 Å². The van der Waals surface area contributed by atoms with Crippen LogP contribution in [0, 0.1) is 0 Å². The highest BCUT2D eigenvalue weighted by molar-refractivity contribution is 7.80. The standard InChI is InChI=1S/C13H20N2OS/c1-4-10(3)14-13(17)15-11-6-8-12(9-7-11)16-5-2/h6-10H,4-5H2,1-3H3,(H2,14,15,17). The highest BCUT2D eigenvalue weighted by Gasteiger charge is 2.01. The first-order valence-electron chi connectivity index (χ1n) is 5.96. The van der Waals surface area contributed by atoms with Gasteiger partial charge in [-0.3, -0.25) is 0 Å². The second-order valence-corrected chi connectivity index (χ2v) is 4.27. The van der Waals surface area contributed by atoms with Crippen LogP contribution in [0.25, 0.3) is 0 Å². The molecule has 0 fully saturated rings. The van der Waals surface area contributed by atoms with Crippen molar-refractivity contribution in [2.75, 3.05) is 11.9 Å². The zero-order chi connectivity index (χ0) is 12.7. The lowest BCUT2D eigenvalue weighted by Gasteiger charge is -2.15. The fourth-order valence-corrected chi connectivity index (χ4v) is 1.61. The first-order valence-corrected chi connectivity index (χ1v) is 6.37. The maximum absolute atomic E-state index is 5.37. The van der Waals surface area contributed by atoms with E-state index in [-0.39, 0.29) is 0 Å². The molecule has 1 rings (SSSR count). The number of benzene rings is 1. The van der Waals surface area contributed by atoms with E-state index in [2.05, 4.69) is 24.5 Å². The summed E-state index contributed by atoms with van der Waals surface area (Å²) in [5, 5.41) is 7.00. The van der Waals surface area contributed by atoms with E-state index in [0.29, 0.717) is 17.8 Å². The lowest BCUT2D eigenvalue weighted by Crippen LogP contribution is -2.35. The lowest BCUT2D eigenvalue weighted by atomic mass is 10.3. The molecule has 3 nitrogen and oxygen atoms in total. The molecule has 1 unspecified atom stereocenters. The van der Waals surface area contributed by atoms with Gasteiger partial charge in [0, 0.05) is 11.7 Å². The molecule has 0 spiro atoms. The molecule has 0 saturated carbocycles. The smallest absolute Gasteiger partial charge is 0.170 e. The van der Waals surface area contributed by atoms with Gasteiger partial charge in [-0.1, -0.05) is 6.92 Å². The normalized spacial score (nSPS) is 11.7. The first-order chi connectivity index (χ1) is 8.15. The fraction of sp³-hybridized carbons (Fsp3) is 0.462. The number of thiocarbonyl (C=S) groups is 1. The second-order valence-electron chi connectivity index (χ2n) is 3.87. The maximum atomic E-state index is 5.37. The maximum Gasteiger partial charge on any atom is 0.170 e. The number of anilines is 1. The molecule has 0 aliphatic carbocycles. The predicted molar refractivity (Wildman–Crippen MR) is 76.7 cm³/mol. The van der Waals surface area contributed by atoms with E-state index in [4.69, 9.17) is 17.0 Å². The van der Waals surface area contributed by atoms with Crippen LogP contribution in [0.5, 0.6) is 5.75 Å². The Morgan fingerprint density at radius 2 is 1.94 bits per heavy atom. The Kier molecular flexibility index (Phi) is 5.77. The molecule has 2 N–H and O–H groups in total. The van der Waals surface area contributed by atoms with Gasteiger partial charge in [0.05, 0.1) is 6.61 Å². The zero-order valence-electron chi connectivity index (χ0n) is 10.6. The SMILES string of the molecule is CCOc1ccc(NC(=S)NC(C)CC)cc1. The van der Waals surface area contributed by atoms with Crippen molar-refractivity contribution in [1.82, 2.24) is 5.32 Å². The minimum Gasteiger partial charge on any atom is -0.494 e. The Hall–Kier alpha value is -1.29. The van der Waals surface area contributed by atoms with Gasteiger partial charge < -0.3 is 15.4 Å².